The van der Waals surface area contributed by atoms with E-state index in [9.17, 15) is 4.79 Å². The topological polar surface area (TPSA) is 43.8 Å². The lowest BCUT2D eigenvalue weighted by Gasteiger charge is -2.34. The number of nitrogens with zero attached hydrogens (tertiary/aromatic N) is 2. The molecule has 0 radical (unpaired) electrons. The van der Waals surface area contributed by atoms with Gasteiger partial charge in [-0.3, -0.25) is 9.69 Å². The molecule has 0 fully saturated rings. The maximum absolute atomic E-state index is 12.8. The Balaban J connectivity index is 2.06. The molecule has 1 aromatic rings. The highest BCUT2D eigenvalue weighted by Gasteiger charge is 2.25. The highest BCUT2D eigenvalue weighted by atomic mass is 16.3. The molecule has 0 aliphatic carbocycles. The average Bonchev–Trinajstić information content (AvgIpc) is 2.50. The lowest BCUT2D eigenvalue weighted by atomic mass is 9.96. The van der Waals surface area contributed by atoms with Gasteiger partial charge in [0, 0.05) is 31.9 Å². The highest BCUT2D eigenvalue weighted by molar-refractivity contribution is 5.95. The van der Waals surface area contributed by atoms with Crippen LogP contribution < -0.4 is 4.90 Å². The molecule has 0 bridgehead atoms. The smallest absolute Gasteiger partial charge is 0.241 e. The molecule has 128 valence electrons. The molecule has 4 nitrogen and oxygen atoms in total. The van der Waals surface area contributed by atoms with Crippen molar-refractivity contribution in [2.75, 3.05) is 37.7 Å². The molecular formula is C19H30N2O2. The number of rotatable bonds is 6. The van der Waals surface area contributed by atoms with Gasteiger partial charge in [0.25, 0.3) is 0 Å². The molecule has 1 amide bonds. The fraction of sp³-hybridized carbons (Fsp3) is 0.632. The summed E-state index contributed by atoms with van der Waals surface area (Å²) in [5.41, 5.74) is 2.47. The number of aliphatic hydroxyl groups excluding tert-OH is 1. The van der Waals surface area contributed by atoms with E-state index in [0.717, 1.165) is 38.2 Å². The number of carbonyl (C=O) groups is 1. The van der Waals surface area contributed by atoms with Gasteiger partial charge in [-0.1, -0.05) is 39.0 Å². The van der Waals surface area contributed by atoms with E-state index in [1.54, 1.807) is 0 Å². The Morgan fingerprint density at radius 2 is 2.04 bits per heavy atom. The first kappa shape index (κ1) is 18.0. The van der Waals surface area contributed by atoms with Crippen molar-refractivity contribution in [3.63, 3.8) is 0 Å². The predicted octanol–water partition coefficient (Wildman–Crippen LogP) is 2.70. The van der Waals surface area contributed by atoms with E-state index < -0.39 is 0 Å². The van der Waals surface area contributed by atoms with Crippen LogP contribution in [0.1, 0.15) is 39.2 Å². The second-order valence-electron chi connectivity index (χ2n) is 7.63. The van der Waals surface area contributed by atoms with Gasteiger partial charge in [0.1, 0.15) is 0 Å². The molecule has 0 unspecified atom stereocenters. The van der Waals surface area contributed by atoms with Gasteiger partial charge in [-0.05, 0) is 36.3 Å². The Morgan fingerprint density at radius 3 is 2.74 bits per heavy atom. The molecule has 0 saturated heterocycles. The number of aryl methyl sites for hydroxylation is 1. The molecule has 1 aliphatic heterocycles. The van der Waals surface area contributed by atoms with Gasteiger partial charge in [-0.25, -0.2) is 0 Å². The standard InChI is InChI=1S/C19H30N2O2/c1-19(2,3)15-20(11-7-13-22)14-18(23)21-12-6-9-16-8-4-5-10-17(16)21/h4-5,8,10,22H,6-7,9,11-15H2,1-3H3. The first-order valence-corrected chi connectivity index (χ1v) is 8.62. The third-order valence-corrected chi connectivity index (χ3v) is 4.10. The van der Waals surface area contributed by atoms with Crippen LogP contribution in [0.4, 0.5) is 5.69 Å². The second-order valence-corrected chi connectivity index (χ2v) is 7.63. The van der Waals surface area contributed by atoms with E-state index in [4.69, 9.17) is 5.11 Å². The number of hydrogen-bond donors (Lipinski definition) is 1. The molecule has 0 saturated carbocycles. The highest BCUT2D eigenvalue weighted by Crippen LogP contribution is 2.27. The van der Waals surface area contributed by atoms with Crippen LogP contribution in [0, 0.1) is 5.41 Å². The van der Waals surface area contributed by atoms with Crippen LogP contribution in [0.25, 0.3) is 0 Å². The van der Waals surface area contributed by atoms with Crippen molar-refractivity contribution in [2.24, 2.45) is 5.41 Å². The van der Waals surface area contributed by atoms with E-state index in [-0.39, 0.29) is 17.9 Å². The first-order valence-electron chi connectivity index (χ1n) is 8.62. The number of fused-ring (bicyclic) bond motifs is 1. The largest absolute Gasteiger partial charge is 0.396 e. The Bertz CT molecular complexity index is 522. The van der Waals surface area contributed by atoms with Gasteiger partial charge >= 0.3 is 0 Å². The molecule has 1 aliphatic rings. The zero-order valence-electron chi connectivity index (χ0n) is 14.7. The van der Waals surface area contributed by atoms with Gasteiger partial charge < -0.3 is 10.0 Å². The van der Waals surface area contributed by atoms with Crippen molar-refractivity contribution < 1.29 is 9.90 Å². The zero-order chi connectivity index (χ0) is 16.9. The molecule has 0 atom stereocenters. The molecule has 4 heteroatoms. The Morgan fingerprint density at radius 1 is 1.30 bits per heavy atom. The van der Waals surface area contributed by atoms with Crippen molar-refractivity contribution in [3.8, 4) is 0 Å². The van der Waals surface area contributed by atoms with Gasteiger partial charge in [-0.2, -0.15) is 0 Å². The van der Waals surface area contributed by atoms with Crippen molar-refractivity contribution in [2.45, 2.75) is 40.0 Å². The summed E-state index contributed by atoms with van der Waals surface area (Å²) in [7, 11) is 0. The van der Waals surface area contributed by atoms with Crippen molar-refractivity contribution in [1.82, 2.24) is 4.90 Å². The van der Waals surface area contributed by atoms with E-state index in [1.165, 1.54) is 5.56 Å². The van der Waals surface area contributed by atoms with E-state index in [0.29, 0.717) is 13.0 Å². The molecule has 1 aromatic carbocycles. The maximum Gasteiger partial charge on any atom is 0.241 e. The van der Waals surface area contributed by atoms with Crippen LogP contribution in [0.15, 0.2) is 24.3 Å². The number of aliphatic hydroxyl groups is 1. The van der Waals surface area contributed by atoms with E-state index >= 15 is 0 Å². The molecule has 1 heterocycles. The SMILES string of the molecule is CC(C)(C)CN(CCCO)CC(=O)N1CCCc2ccccc21. The summed E-state index contributed by atoms with van der Waals surface area (Å²) in [6.07, 6.45) is 2.79. The third-order valence-electron chi connectivity index (χ3n) is 4.10. The molecular weight excluding hydrogens is 288 g/mol. The van der Waals surface area contributed by atoms with Crippen LogP contribution in [-0.2, 0) is 11.2 Å². The predicted molar refractivity (Wildman–Crippen MR) is 94.7 cm³/mol. The lowest BCUT2D eigenvalue weighted by molar-refractivity contribution is -0.120. The van der Waals surface area contributed by atoms with Crippen LogP contribution in [-0.4, -0.2) is 48.7 Å². The van der Waals surface area contributed by atoms with Crippen LogP contribution in [0.3, 0.4) is 0 Å². The summed E-state index contributed by atoms with van der Waals surface area (Å²) in [5, 5.41) is 9.10. The zero-order valence-corrected chi connectivity index (χ0v) is 14.7. The summed E-state index contributed by atoms with van der Waals surface area (Å²) in [4.78, 5) is 17.0. The van der Waals surface area contributed by atoms with E-state index in [2.05, 4.69) is 31.7 Å². The van der Waals surface area contributed by atoms with Gasteiger partial charge in [0.2, 0.25) is 5.91 Å². The first-order chi connectivity index (χ1) is 10.9. The fourth-order valence-corrected chi connectivity index (χ4v) is 3.25. The number of para-hydroxylation sites is 1. The number of amides is 1. The molecule has 2 rings (SSSR count). The minimum atomic E-state index is 0.134. The Kier molecular flexibility index (Phi) is 6.19. The van der Waals surface area contributed by atoms with Crippen molar-refractivity contribution in [3.05, 3.63) is 29.8 Å². The summed E-state index contributed by atoms with van der Waals surface area (Å²) in [5.74, 6) is 0.166. The number of carbonyl (C=O) groups excluding carboxylic acids is 1. The Hall–Kier alpha value is -1.39. The van der Waals surface area contributed by atoms with E-state index in [1.807, 2.05) is 23.1 Å². The third kappa shape index (κ3) is 5.33. The molecule has 0 spiro atoms. The van der Waals surface area contributed by atoms with Gasteiger partial charge in [-0.15, -0.1) is 0 Å². The molecule has 1 N–H and O–H groups in total. The maximum atomic E-state index is 12.8. The summed E-state index contributed by atoms with van der Waals surface area (Å²) < 4.78 is 0. The van der Waals surface area contributed by atoms with Gasteiger partial charge in [0.15, 0.2) is 0 Å². The van der Waals surface area contributed by atoms with Crippen molar-refractivity contribution >= 4 is 11.6 Å². The summed E-state index contributed by atoms with van der Waals surface area (Å²) >= 11 is 0. The fourth-order valence-electron chi connectivity index (χ4n) is 3.25. The quantitative estimate of drug-likeness (QED) is 0.877. The van der Waals surface area contributed by atoms with Gasteiger partial charge in [0.05, 0.1) is 6.54 Å². The molecule has 23 heavy (non-hydrogen) atoms. The molecule has 0 aromatic heterocycles. The number of benzene rings is 1. The summed E-state index contributed by atoms with van der Waals surface area (Å²) in [6, 6.07) is 8.21. The van der Waals surface area contributed by atoms with Crippen molar-refractivity contribution in [1.29, 1.82) is 0 Å². The normalized spacial score (nSPS) is 14.9. The minimum absolute atomic E-state index is 0.134. The Labute approximate surface area is 140 Å². The van der Waals surface area contributed by atoms with Crippen LogP contribution in [0.5, 0.6) is 0 Å². The average molecular weight is 318 g/mol. The monoisotopic (exact) mass is 318 g/mol. The minimum Gasteiger partial charge on any atom is -0.396 e. The number of hydrogen-bond acceptors (Lipinski definition) is 3. The van der Waals surface area contributed by atoms with Crippen LogP contribution >= 0.6 is 0 Å². The summed E-state index contributed by atoms with van der Waals surface area (Å²) in [6.45, 7) is 9.55. The van der Waals surface area contributed by atoms with Crippen LogP contribution in [0.2, 0.25) is 0 Å². The lowest BCUT2D eigenvalue weighted by Crippen LogP contribution is -2.45. The number of anilines is 1. The second kappa shape index (κ2) is 7.93.